The first kappa shape index (κ1) is 14.3. The highest BCUT2D eigenvalue weighted by atomic mass is 79.9. The predicted molar refractivity (Wildman–Crippen MR) is 81.6 cm³/mol. The Balaban J connectivity index is 2.25. The molecule has 1 fully saturated rings. The highest BCUT2D eigenvalue weighted by Gasteiger charge is 2.20. The molecule has 2 rings (SSSR count). The molecule has 19 heavy (non-hydrogen) atoms. The normalized spacial score (nSPS) is 18.5. The zero-order valence-corrected chi connectivity index (χ0v) is 12.7. The van der Waals surface area contributed by atoms with Crippen molar-refractivity contribution >= 4 is 27.5 Å². The molecule has 1 aliphatic heterocycles. The van der Waals surface area contributed by atoms with Crippen LogP contribution < -0.4 is 16.0 Å². The van der Waals surface area contributed by atoms with Gasteiger partial charge in [0.05, 0.1) is 11.3 Å². The summed E-state index contributed by atoms with van der Waals surface area (Å²) < 4.78 is 0.963. The van der Waals surface area contributed by atoms with Gasteiger partial charge in [-0.2, -0.15) is 0 Å². The molecule has 104 valence electrons. The topological polar surface area (TPSA) is 58.4 Å². The van der Waals surface area contributed by atoms with Crippen LogP contribution in [0.5, 0.6) is 0 Å². The maximum absolute atomic E-state index is 11.6. The summed E-state index contributed by atoms with van der Waals surface area (Å²) in [6.07, 6.45) is 2.42. The number of primary amides is 1. The van der Waals surface area contributed by atoms with Crippen LogP contribution in [0.1, 0.15) is 30.1 Å². The molecule has 0 bridgehead atoms. The van der Waals surface area contributed by atoms with Gasteiger partial charge in [-0.3, -0.25) is 4.79 Å². The van der Waals surface area contributed by atoms with Gasteiger partial charge in [-0.05, 0) is 44.5 Å². The Morgan fingerprint density at radius 1 is 1.58 bits per heavy atom. The van der Waals surface area contributed by atoms with Gasteiger partial charge in [0.15, 0.2) is 0 Å². The number of carbonyl (C=O) groups is 1. The van der Waals surface area contributed by atoms with Gasteiger partial charge >= 0.3 is 0 Å². The second kappa shape index (κ2) is 6.39. The van der Waals surface area contributed by atoms with E-state index in [0.29, 0.717) is 11.6 Å². The second-order valence-electron chi connectivity index (χ2n) is 4.86. The average Bonchev–Trinajstić information content (AvgIpc) is 2.88. The van der Waals surface area contributed by atoms with Crippen LogP contribution in [0.2, 0.25) is 0 Å². The molecule has 1 unspecified atom stereocenters. The maximum Gasteiger partial charge on any atom is 0.250 e. The molecular formula is C14H20BrN3O. The van der Waals surface area contributed by atoms with Crippen LogP contribution in [0, 0.1) is 0 Å². The minimum Gasteiger partial charge on any atom is -0.370 e. The van der Waals surface area contributed by atoms with Gasteiger partial charge in [0.2, 0.25) is 0 Å². The Morgan fingerprint density at radius 2 is 2.37 bits per heavy atom. The Labute approximate surface area is 122 Å². The van der Waals surface area contributed by atoms with E-state index in [0.717, 1.165) is 29.8 Å². The van der Waals surface area contributed by atoms with Crippen LogP contribution in [0.15, 0.2) is 22.7 Å². The number of rotatable bonds is 5. The summed E-state index contributed by atoms with van der Waals surface area (Å²) in [5.74, 6) is -0.375. The summed E-state index contributed by atoms with van der Waals surface area (Å²) in [5.41, 5.74) is 6.97. The van der Waals surface area contributed by atoms with Gasteiger partial charge < -0.3 is 16.0 Å². The number of nitrogens with one attached hydrogen (secondary N) is 1. The molecule has 0 aliphatic carbocycles. The molecule has 1 aromatic rings. The number of benzene rings is 1. The van der Waals surface area contributed by atoms with Crippen molar-refractivity contribution in [1.29, 1.82) is 0 Å². The summed E-state index contributed by atoms with van der Waals surface area (Å²) in [4.78, 5) is 13.8. The highest BCUT2D eigenvalue weighted by molar-refractivity contribution is 9.10. The largest absolute Gasteiger partial charge is 0.370 e. The number of anilines is 1. The highest BCUT2D eigenvalue weighted by Crippen LogP contribution is 2.26. The lowest BCUT2D eigenvalue weighted by molar-refractivity contribution is 0.100. The van der Waals surface area contributed by atoms with E-state index in [4.69, 9.17) is 5.73 Å². The number of hydrogen-bond acceptors (Lipinski definition) is 3. The third kappa shape index (κ3) is 3.48. The first-order chi connectivity index (χ1) is 9.11. The summed E-state index contributed by atoms with van der Waals surface area (Å²) in [6.45, 7) is 4.95. The predicted octanol–water partition coefficient (Wildman–Crippen LogP) is 2.13. The van der Waals surface area contributed by atoms with Crippen molar-refractivity contribution in [3.63, 3.8) is 0 Å². The number of nitrogens with zero attached hydrogens (tertiary/aromatic N) is 1. The van der Waals surface area contributed by atoms with Gasteiger partial charge in [0.25, 0.3) is 5.91 Å². The molecule has 1 aromatic carbocycles. The van der Waals surface area contributed by atoms with Crippen molar-refractivity contribution in [3.8, 4) is 0 Å². The van der Waals surface area contributed by atoms with E-state index in [2.05, 4.69) is 33.1 Å². The third-order valence-corrected chi connectivity index (χ3v) is 4.04. The number of carbonyl (C=O) groups excluding carboxylic acids is 1. The summed E-state index contributed by atoms with van der Waals surface area (Å²) in [6, 6.07) is 6.11. The first-order valence-corrected chi connectivity index (χ1v) is 7.48. The van der Waals surface area contributed by atoms with Gasteiger partial charge in [0, 0.05) is 23.6 Å². The van der Waals surface area contributed by atoms with E-state index in [1.807, 2.05) is 12.1 Å². The fraction of sp³-hybridized carbons (Fsp3) is 0.500. The Bertz CT molecular complexity index is 458. The Morgan fingerprint density at radius 3 is 2.95 bits per heavy atom. The molecule has 1 aliphatic rings. The number of halogens is 1. The lowest BCUT2D eigenvalue weighted by Gasteiger charge is -2.28. The molecule has 0 spiro atoms. The molecule has 1 saturated heterocycles. The smallest absolute Gasteiger partial charge is 0.250 e. The summed E-state index contributed by atoms with van der Waals surface area (Å²) >= 11 is 3.46. The number of hydrogen-bond donors (Lipinski definition) is 2. The minimum atomic E-state index is -0.375. The first-order valence-electron chi connectivity index (χ1n) is 6.69. The van der Waals surface area contributed by atoms with Crippen LogP contribution in [-0.4, -0.2) is 31.6 Å². The molecular weight excluding hydrogens is 306 g/mol. The van der Waals surface area contributed by atoms with Crippen molar-refractivity contribution in [2.75, 3.05) is 24.5 Å². The lowest BCUT2D eigenvalue weighted by atomic mass is 10.1. The van der Waals surface area contributed by atoms with Crippen molar-refractivity contribution in [2.24, 2.45) is 5.73 Å². The minimum absolute atomic E-state index is 0.375. The van der Waals surface area contributed by atoms with E-state index in [1.165, 1.54) is 12.8 Å². The molecule has 5 heteroatoms. The number of nitrogens with two attached hydrogens (primary N) is 1. The third-order valence-electron chi connectivity index (χ3n) is 3.55. The lowest BCUT2D eigenvalue weighted by Crippen LogP contribution is -2.38. The second-order valence-corrected chi connectivity index (χ2v) is 5.77. The van der Waals surface area contributed by atoms with E-state index in [1.54, 1.807) is 6.07 Å². The molecule has 0 aromatic heterocycles. The zero-order valence-electron chi connectivity index (χ0n) is 11.2. The Kier molecular flexibility index (Phi) is 4.82. The molecule has 1 amide bonds. The monoisotopic (exact) mass is 325 g/mol. The maximum atomic E-state index is 11.6. The standard InChI is InChI=1S/C14H20BrN3O/c1-2-18(9-11-4-3-7-17-11)13-8-10(15)5-6-12(13)14(16)19/h5-6,8,11,17H,2-4,7,9H2,1H3,(H2,16,19). The summed E-state index contributed by atoms with van der Waals surface area (Å²) in [7, 11) is 0. The van der Waals surface area contributed by atoms with Crippen molar-refractivity contribution < 1.29 is 4.79 Å². The van der Waals surface area contributed by atoms with E-state index < -0.39 is 0 Å². The van der Waals surface area contributed by atoms with Gasteiger partial charge in [-0.15, -0.1) is 0 Å². The molecule has 0 radical (unpaired) electrons. The number of amides is 1. The molecule has 4 nitrogen and oxygen atoms in total. The number of likely N-dealkylation sites (N-methyl/N-ethyl adjacent to an activating group) is 1. The van der Waals surface area contributed by atoms with Crippen LogP contribution in [0.25, 0.3) is 0 Å². The fourth-order valence-corrected chi connectivity index (χ4v) is 2.90. The molecule has 0 saturated carbocycles. The van der Waals surface area contributed by atoms with Crippen molar-refractivity contribution in [2.45, 2.75) is 25.8 Å². The van der Waals surface area contributed by atoms with Crippen molar-refractivity contribution in [1.82, 2.24) is 5.32 Å². The SMILES string of the molecule is CCN(CC1CCCN1)c1cc(Br)ccc1C(N)=O. The van der Waals surface area contributed by atoms with E-state index in [-0.39, 0.29) is 5.91 Å². The van der Waals surface area contributed by atoms with Gasteiger partial charge in [0.1, 0.15) is 0 Å². The van der Waals surface area contributed by atoms with Gasteiger partial charge in [-0.1, -0.05) is 15.9 Å². The average molecular weight is 326 g/mol. The molecule has 1 atom stereocenters. The van der Waals surface area contributed by atoms with Crippen LogP contribution in [0.4, 0.5) is 5.69 Å². The Hall–Kier alpha value is -1.07. The van der Waals surface area contributed by atoms with E-state index >= 15 is 0 Å². The fourth-order valence-electron chi connectivity index (χ4n) is 2.55. The van der Waals surface area contributed by atoms with Crippen LogP contribution >= 0.6 is 15.9 Å². The van der Waals surface area contributed by atoms with Crippen LogP contribution in [-0.2, 0) is 0 Å². The zero-order chi connectivity index (χ0) is 13.8. The summed E-state index contributed by atoms with van der Waals surface area (Å²) in [5, 5.41) is 3.48. The molecule has 3 N–H and O–H groups in total. The molecule has 1 heterocycles. The van der Waals surface area contributed by atoms with Crippen LogP contribution in [0.3, 0.4) is 0 Å². The van der Waals surface area contributed by atoms with E-state index in [9.17, 15) is 4.79 Å². The van der Waals surface area contributed by atoms with Gasteiger partial charge in [-0.25, -0.2) is 0 Å². The van der Waals surface area contributed by atoms with Crippen molar-refractivity contribution in [3.05, 3.63) is 28.2 Å². The quantitative estimate of drug-likeness (QED) is 0.871.